The Morgan fingerprint density at radius 3 is 2.16 bits per heavy atom. The third-order valence-electron chi connectivity index (χ3n) is 4.13. The average Bonchev–Trinajstić information content (AvgIpc) is 2.67. The molecule has 25 heavy (non-hydrogen) atoms. The SMILES string of the molecule is O=C(OCc1ccccc1)N1CCN(C(=O)c2ccccc2Br)CC1. The molecule has 1 heterocycles. The number of nitrogens with zero attached hydrogens (tertiary/aromatic N) is 2. The Bertz CT molecular complexity index is 743. The summed E-state index contributed by atoms with van der Waals surface area (Å²) in [5, 5.41) is 0. The van der Waals surface area contributed by atoms with Crippen LogP contribution in [0.15, 0.2) is 59.1 Å². The number of piperazine rings is 1. The van der Waals surface area contributed by atoms with Crippen molar-refractivity contribution in [3.8, 4) is 0 Å². The van der Waals surface area contributed by atoms with E-state index >= 15 is 0 Å². The second-order valence-electron chi connectivity index (χ2n) is 5.80. The van der Waals surface area contributed by atoms with Gasteiger partial charge in [-0.05, 0) is 33.6 Å². The van der Waals surface area contributed by atoms with Crippen LogP contribution >= 0.6 is 15.9 Å². The summed E-state index contributed by atoms with van der Waals surface area (Å²) in [7, 11) is 0. The minimum absolute atomic E-state index is 0.0234. The van der Waals surface area contributed by atoms with Gasteiger partial charge in [-0.1, -0.05) is 42.5 Å². The van der Waals surface area contributed by atoms with Crippen molar-refractivity contribution in [1.82, 2.24) is 9.80 Å². The number of halogens is 1. The van der Waals surface area contributed by atoms with E-state index in [1.54, 1.807) is 15.9 Å². The lowest BCUT2D eigenvalue weighted by molar-refractivity contribution is 0.0543. The van der Waals surface area contributed by atoms with Gasteiger partial charge in [-0.25, -0.2) is 4.79 Å². The Morgan fingerprint density at radius 1 is 0.880 bits per heavy atom. The minimum Gasteiger partial charge on any atom is -0.445 e. The van der Waals surface area contributed by atoms with Crippen LogP contribution in [-0.4, -0.2) is 48.0 Å². The Kier molecular flexibility index (Phi) is 5.71. The van der Waals surface area contributed by atoms with Crippen LogP contribution < -0.4 is 0 Å². The zero-order chi connectivity index (χ0) is 17.6. The van der Waals surface area contributed by atoms with Gasteiger partial charge in [0.2, 0.25) is 0 Å². The molecular formula is C19H19BrN2O3. The predicted molar refractivity (Wildman–Crippen MR) is 98.2 cm³/mol. The lowest BCUT2D eigenvalue weighted by Gasteiger charge is -2.34. The number of carbonyl (C=O) groups is 2. The van der Waals surface area contributed by atoms with Crippen LogP contribution in [0.3, 0.4) is 0 Å². The molecule has 2 aromatic rings. The van der Waals surface area contributed by atoms with Crippen LogP contribution in [0.1, 0.15) is 15.9 Å². The number of hydrogen-bond donors (Lipinski definition) is 0. The fraction of sp³-hybridized carbons (Fsp3) is 0.263. The van der Waals surface area contributed by atoms with Gasteiger partial charge in [-0.2, -0.15) is 0 Å². The molecule has 2 aromatic carbocycles. The van der Waals surface area contributed by atoms with Crippen molar-refractivity contribution in [1.29, 1.82) is 0 Å². The van der Waals surface area contributed by atoms with E-state index in [0.29, 0.717) is 31.7 Å². The first-order valence-corrected chi connectivity index (χ1v) is 8.94. The molecule has 0 spiro atoms. The van der Waals surface area contributed by atoms with Crippen LogP contribution in [0.5, 0.6) is 0 Å². The molecule has 0 N–H and O–H groups in total. The molecule has 6 heteroatoms. The monoisotopic (exact) mass is 402 g/mol. The zero-order valence-electron chi connectivity index (χ0n) is 13.7. The van der Waals surface area contributed by atoms with Gasteiger partial charge >= 0.3 is 6.09 Å². The number of amides is 2. The Hall–Kier alpha value is -2.34. The molecule has 1 fully saturated rings. The summed E-state index contributed by atoms with van der Waals surface area (Å²) in [4.78, 5) is 28.1. The highest BCUT2D eigenvalue weighted by Crippen LogP contribution is 2.19. The van der Waals surface area contributed by atoms with Gasteiger partial charge in [0.1, 0.15) is 6.61 Å². The quantitative estimate of drug-likeness (QED) is 0.788. The number of hydrogen-bond acceptors (Lipinski definition) is 3. The lowest BCUT2D eigenvalue weighted by Crippen LogP contribution is -2.50. The van der Waals surface area contributed by atoms with E-state index in [1.165, 1.54) is 0 Å². The topological polar surface area (TPSA) is 49.9 Å². The number of ether oxygens (including phenoxy) is 1. The first-order valence-electron chi connectivity index (χ1n) is 8.14. The first-order chi connectivity index (χ1) is 12.1. The van der Waals surface area contributed by atoms with Crippen molar-refractivity contribution in [3.63, 3.8) is 0 Å². The Morgan fingerprint density at radius 2 is 1.48 bits per heavy atom. The van der Waals surface area contributed by atoms with Crippen LogP contribution in [0.2, 0.25) is 0 Å². The summed E-state index contributed by atoms with van der Waals surface area (Å²) in [6.45, 7) is 2.21. The van der Waals surface area contributed by atoms with E-state index in [-0.39, 0.29) is 18.6 Å². The maximum Gasteiger partial charge on any atom is 0.410 e. The van der Waals surface area contributed by atoms with Gasteiger partial charge in [0.25, 0.3) is 5.91 Å². The minimum atomic E-state index is -0.336. The number of carbonyl (C=O) groups excluding carboxylic acids is 2. The molecule has 0 atom stereocenters. The Labute approximate surface area is 155 Å². The van der Waals surface area contributed by atoms with Crippen LogP contribution in [0.25, 0.3) is 0 Å². The summed E-state index contributed by atoms with van der Waals surface area (Å²) >= 11 is 3.41. The summed E-state index contributed by atoms with van der Waals surface area (Å²) in [5.74, 6) is -0.0234. The molecule has 5 nitrogen and oxygen atoms in total. The molecule has 0 unspecified atom stereocenters. The van der Waals surface area contributed by atoms with Gasteiger partial charge in [-0.3, -0.25) is 4.79 Å². The van der Waals surface area contributed by atoms with Gasteiger partial charge in [0.15, 0.2) is 0 Å². The third-order valence-corrected chi connectivity index (χ3v) is 4.83. The first kappa shape index (κ1) is 17.5. The van der Waals surface area contributed by atoms with Crippen molar-refractivity contribution in [2.75, 3.05) is 26.2 Å². The van der Waals surface area contributed by atoms with Crippen molar-refractivity contribution < 1.29 is 14.3 Å². The van der Waals surface area contributed by atoms with E-state index in [0.717, 1.165) is 10.0 Å². The zero-order valence-corrected chi connectivity index (χ0v) is 15.3. The molecule has 1 saturated heterocycles. The van der Waals surface area contributed by atoms with E-state index in [9.17, 15) is 9.59 Å². The fourth-order valence-corrected chi connectivity index (χ4v) is 3.16. The molecule has 0 aliphatic carbocycles. The molecule has 0 saturated carbocycles. The third kappa shape index (κ3) is 4.39. The molecule has 0 aromatic heterocycles. The second-order valence-corrected chi connectivity index (χ2v) is 6.65. The molecule has 0 bridgehead atoms. The summed E-state index contributed by atoms with van der Waals surface area (Å²) in [6, 6.07) is 17.0. The summed E-state index contributed by atoms with van der Waals surface area (Å²) in [5.41, 5.74) is 1.60. The van der Waals surface area contributed by atoms with E-state index in [1.807, 2.05) is 48.5 Å². The van der Waals surface area contributed by atoms with E-state index in [2.05, 4.69) is 15.9 Å². The molecule has 130 valence electrons. The smallest absolute Gasteiger partial charge is 0.410 e. The standard InChI is InChI=1S/C19H19BrN2O3/c20-17-9-5-4-8-16(17)18(23)21-10-12-22(13-11-21)19(24)25-14-15-6-2-1-3-7-15/h1-9H,10-14H2. The highest BCUT2D eigenvalue weighted by Gasteiger charge is 2.26. The maximum absolute atomic E-state index is 12.6. The lowest BCUT2D eigenvalue weighted by atomic mass is 10.2. The molecule has 2 amide bonds. The number of benzene rings is 2. The van der Waals surface area contributed by atoms with Crippen LogP contribution in [0.4, 0.5) is 4.79 Å². The molecule has 1 aliphatic heterocycles. The Balaban J connectivity index is 1.50. The second kappa shape index (κ2) is 8.16. The molecular weight excluding hydrogens is 384 g/mol. The van der Waals surface area contributed by atoms with E-state index < -0.39 is 0 Å². The largest absolute Gasteiger partial charge is 0.445 e. The van der Waals surface area contributed by atoms with Crippen molar-refractivity contribution >= 4 is 27.9 Å². The average molecular weight is 403 g/mol. The number of rotatable bonds is 3. The summed E-state index contributed by atoms with van der Waals surface area (Å²) in [6.07, 6.45) is -0.336. The summed E-state index contributed by atoms with van der Waals surface area (Å²) < 4.78 is 6.13. The van der Waals surface area contributed by atoms with Gasteiger partial charge in [0.05, 0.1) is 5.56 Å². The maximum atomic E-state index is 12.6. The van der Waals surface area contributed by atoms with Gasteiger partial charge in [0, 0.05) is 30.7 Å². The normalized spacial score (nSPS) is 14.3. The molecule has 0 radical (unpaired) electrons. The molecule has 3 rings (SSSR count). The highest BCUT2D eigenvalue weighted by atomic mass is 79.9. The van der Waals surface area contributed by atoms with Gasteiger partial charge < -0.3 is 14.5 Å². The van der Waals surface area contributed by atoms with Crippen LogP contribution in [0, 0.1) is 0 Å². The molecule has 1 aliphatic rings. The highest BCUT2D eigenvalue weighted by molar-refractivity contribution is 9.10. The van der Waals surface area contributed by atoms with Crippen LogP contribution in [-0.2, 0) is 11.3 Å². The van der Waals surface area contributed by atoms with Gasteiger partial charge in [-0.15, -0.1) is 0 Å². The van der Waals surface area contributed by atoms with Crippen molar-refractivity contribution in [2.45, 2.75) is 6.61 Å². The van der Waals surface area contributed by atoms with Crippen molar-refractivity contribution in [3.05, 3.63) is 70.2 Å². The predicted octanol–water partition coefficient (Wildman–Crippen LogP) is 3.54. The van der Waals surface area contributed by atoms with Crippen molar-refractivity contribution in [2.24, 2.45) is 0 Å². The fourth-order valence-electron chi connectivity index (χ4n) is 2.71. The van der Waals surface area contributed by atoms with E-state index in [4.69, 9.17) is 4.74 Å².